The summed E-state index contributed by atoms with van der Waals surface area (Å²) in [5.74, 6) is 4.92. The minimum absolute atomic E-state index is 0.0198. The molecule has 14 heavy (non-hydrogen) atoms. The van der Waals surface area contributed by atoms with Gasteiger partial charge < -0.3 is 9.80 Å². The van der Waals surface area contributed by atoms with Gasteiger partial charge >= 0.3 is 6.03 Å². The number of carbonyl (C=O) groups excluding carboxylic acids is 2. The number of carbonyl (C=O) groups is 2. The molecule has 1 aliphatic heterocycles. The second-order valence-electron chi connectivity index (χ2n) is 3.39. The molecule has 0 aromatic heterocycles. The molecule has 0 bridgehead atoms. The Bertz CT molecular complexity index is 225. The minimum Gasteiger partial charge on any atom is -0.341 e. The van der Waals surface area contributed by atoms with Gasteiger partial charge in [0.25, 0.3) is 0 Å². The second-order valence-corrected chi connectivity index (χ2v) is 3.39. The number of hydrogen-bond acceptors (Lipinski definition) is 3. The van der Waals surface area contributed by atoms with Crippen LogP contribution < -0.4 is 11.3 Å². The lowest BCUT2D eigenvalue weighted by molar-refractivity contribution is -0.130. The molecule has 1 heterocycles. The van der Waals surface area contributed by atoms with E-state index in [1.807, 2.05) is 5.43 Å². The standard InChI is InChI=1S/C8H16N4O2/c1-11(8(14)10-9)6-7(13)12-4-2-3-5-12/h2-6,9H2,1H3,(H,10,14). The summed E-state index contributed by atoms with van der Waals surface area (Å²) in [6, 6.07) is -0.447. The van der Waals surface area contributed by atoms with Crippen molar-refractivity contribution in [1.29, 1.82) is 0 Å². The van der Waals surface area contributed by atoms with Crippen LogP contribution in [-0.2, 0) is 4.79 Å². The predicted octanol–water partition coefficient (Wildman–Crippen LogP) is -0.876. The van der Waals surface area contributed by atoms with E-state index in [0.717, 1.165) is 25.9 Å². The Labute approximate surface area is 83.0 Å². The van der Waals surface area contributed by atoms with E-state index in [1.54, 1.807) is 4.90 Å². The van der Waals surface area contributed by atoms with Gasteiger partial charge in [-0.15, -0.1) is 0 Å². The van der Waals surface area contributed by atoms with Crippen molar-refractivity contribution in [2.75, 3.05) is 26.7 Å². The highest BCUT2D eigenvalue weighted by Crippen LogP contribution is 2.07. The summed E-state index contributed by atoms with van der Waals surface area (Å²) in [5.41, 5.74) is 1.98. The maximum absolute atomic E-state index is 11.5. The summed E-state index contributed by atoms with van der Waals surface area (Å²) in [5, 5.41) is 0. The minimum atomic E-state index is -0.447. The fraction of sp³-hybridized carbons (Fsp3) is 0.750. The lowest BCUT2D eigenvalue weighted by atomic mass is 10.4. The number of rotatable bonds is 2. The quantitative estimate of drug-likeness (QED) is 0.345. The summed E-state index contributed by atoms with van der Waals surface area (Å²) in [7, 11) is 1.54. The maximum Gasteiger partial charge on any atom is 0.331 e. The molecule has 0 atom stereocenters. The normalized spacial score (nSPS) is 15.4. The van der Waals surface area contributed by atoms with Crippen LogP contribution in [-0.4, -0.2) is 48.4 Å². The fourth-order valence-electron chi connectivity index (χ4n) is 1.45. The molecule has 0 saturated carbocycles. The van der Waals surface area contributed by atoms with E-state index in [9.17, 15) is 9.59 Å². The topological polar surface area (TPSA) is 78.7 Å². The Kier molecular flexibility index (Phi) is 3.70. The lowest BCUT2D eigenvalue weighted by Gasteiger charge is -2.20. The van der Waals surface area contributed by atoms with E-state index in [1.165, 1.54) is 11.9 Å². The monoisotopic (exact) mass is 200 g/mol. The van der Waals surface area contributed by atoms with Crippen molar-refractivity contribution in [3.63, 3.8) is 0 Å². The van der Waals surface area contributed by atoms with E-state index in [4.69, 9.17) is 5.84 Å². The van der Waals surface area contributed by atoms with Crippen LogP contribution in [0.1, 0.15) is 12.8 Å². The van der Waals surface area contributed by atoms with Crippen LogP contribution in [0, 0.1) is 0 Å². The first-order chi connectivity index (χ1) is 6.65. The van der Waals surface area contributed by atoms with E-state index in [2.05, 4.69) is 0 Å². The number of nitrogens with zero attached hydrogens (tertiary/aromatic N) is 2. The molecule has 80 valence electrons. The largest absolute Gasteiger partial charge is 0.341 e. The molecule has 3 amide bonds. The van der Waals surface area contributed by atoms with Gasteiger partial charge in [-0.2, -0.15) is 0 Å². The van der Waals surface area contributed by atoms with Gasteiger partial charge in [0.1, 0.15) is 6.54 Å². The van der Waals surface area contributed by atoms with E-state index >= 15 is 0 Å². The molecule has 6 heteroatoms. The van der Waals surface area contributed by atoms with Crippen molar-refractivity contribution in [1.82, 2.24) is 15.2 Å². The second kappa shape index (κ2) is 4.80. The van der Waals surface area contributed by atoms with E-state index in [-0.39, 0.29) is 12.5 Å². The van der Waals surface area contributed by atoms with E-state index in [0.29, 0.717) is 0 Å². The number of hydrazine groups is 1. The number of likely N-dealkylation sites (tertiary alicyclic amines) is 1. The highest BCUT2D eigenvalue weighted by molar-refractivity contribution is 5.83. The number of likely N-dealkylation sites (N-methyl/N-ethyl adjacent to an activating group) is 1. The molecule has 1 saturated heterocycles. The van der Waals surface area contributed by atoms with Crippen molar-refractivity contribution < 1.29 is 9.59 Å². The highest BCUT2D eigenvalue weighted by Gasteiger charge is 2.20. The van der Waals surface area contributed by atoms with Crippen molar-refractivity contribution >= 4 is 11.9 Å². The third-order valence-corrected chi connectivity index (χ3v) is 2.30. The van der Waals surface area contributed by atoms with Gasteiger partial charge in [0.05, 0.1) is 0 Å². The average Bonchev–Trinajstić information content (AvgIpc) is 2.69. The molecule has 0 aromatic carbocycles. The van der Waals surface area contributed by atoms with Crippen molar-refractivity contribution in [2.45, 2.75) is 12.8 Å². The van der Waals surface area contributed by atoms with Crippen molar-refractivity contribution in [2.24, 2.45) is 5.84 Å². The van der Waals surface area contributed by atoms with Crippen LogP contribution in [0.3, 0.4) is 0 Å². The smallest absolute Gasteiger partial charge is 0.331 e. The first-order valence-corrected chi connectivity index (χ1v) is 4.64. The lowest BCUT2D eigenvalue weighted by Crippen LogP contribution is -2.46. The van der Waals surface area contributed by atoms with Gasteiger partial charge in [-0.3, -0.25) is 10.2 Å². The van der Waals surface area contributed by atoms with Crippen LogP contribution in [0.15, 0.2) is 0 Å². The maximum atomic E-state index is 11.5. The summed E-state index contributed by atoms with van der Waals surface area (Å²) < 4.78 is 0. The van der Waals surface area contributed by atoms with Gasteiger partial charge in [0.15, 0.2) is 0 Å². The van der Waals surface area contributed by atoms with Gasteiger partial charge in [-0.05, 0) is 12.8 Å². The SMILES string of the molecule is CN(CC(=O)N1CCCC1)C(=O)NN. The van der Waals surface area contributed by atoms with Gasteiger partial charge in [-0.1, -0.05) is 0 Å². The number of nitrogens with two attached hydrogens (primary N) is 1. The van der Waals surface area contributed by atoms with E-state index < -0.39 is 6.03 Å². The number of nitrogens with one attached hydrogen (secondary N) is 1. The molecule has 6 nitrogen and oxygen atoms in total. The van der Waals surface area contributed by atoms with Crippen LogP contribution >= 0.6 is 0 Å². The van der Waals surface area contributed by atoms with Crippen molar-refractivity contribution in [3.8, 4) is 0 Å². The van der Waals surface area contributed by atoms with Gasteiger partial charge in [-0.25, -0.2) is 10.6 Å². The Hall–Kier alpha value is -1.30. The molecule has 0 aromatic rings. The molecule has 3 N–H and O–H groups in total. The molecular weight excluding hydrogens is 184 g/mol. The molecule has 1 rings (SSSR count). The summed E-state index contributed by atoms with van der Waals surface area (Å²) >= 11 is 0. The number of hydrogen-bond donors (Lipinski definition) is 2. The number of amides is 3. The van der Waals surface area contributed by atoms with Crippen LogP contribution in [0.2, 0.25) is 0 Å². The summed E-state index contributed by atoms with van der Waals surface area (Å²) in [6.07, 6.45) is 2.11. The Morgan fingerprint density at radius 1 is 1.43 bits per heavy atom. The third-order valence-electron chi connectivity index (χ3n) is 2.30. The molecular formula is C8H16N4O2. The first-order valence-electron chi connectivity index (χ1n) is 4.64. The number of urea groups is 1. The summed E-state index contributed by atoms with van der Waals surface area (Å²) in [4.78, 5) is 25.5. The highest BCUT2D eigenvalue weighted by atomic mass is 16.2. The van der Waals surface area contributed by atoms with Gasteiger partial charge in [0.2, 0.25) is 5.91 Å². The van der Waals surface area contributed by atoms with Crippen LogP contribution in [0.25, 0.3) is 0 Å². The Morgan fingerprint density at radius 2 is 2.00 bits per heavy atom. The average molecular weight is 200 g/mol. The van der Waals surface area contributed by atoms with Crippen LogP contribution in [0.5, 0.6) is 0 Å². The zero-order valence-corrected chi connectivity index (χ0v) is 8.32. The first kappa shape index (κ1) is 10.8. The zero-order valence-electron chi connectivity index (χ0n) is 8.32. The zero-order chi connectivity index (χ0) is 10.6. The summed E-state index contributed by atoms with van der Waals surface area (Å²) in [6.45, 7) is 1.69. The van der Waals surface area contributed by atoms with Crippen LogP contribution in [0.4, 0.5) is 4.79 Å². The molecule has 0 radical (unpaired) electrons. The Morgan fingerprint density at radius 3 is 2.50 bits per heavy atom. The third kappa shape index (κ3) is 2.59. The molecule has 0 aliphatic carbocycles. The molecule has 1 aliphatic rings. The molecule has 0 spiro atoms. The molecule has 0 unspecified atom stereocenters. The van der Waals surface area contributed by atoms with Gasteiger partial charge in [0, 0.05) is 20.1 Å². The molecule has 1 fully saturated rings. The Balaban J connectivity index is 2.35. The predicted molar refractivity (Wildman–Crippen MR) is 51.2 cm³/mol. The fourth-order valence-corrected chi connectivity index (χ4v) is 1.45. The van der Waals surface area contributed by atoms with Crippen molar-refractivity contribution in [3.05, 3.63) is 0 Å².